The zero-order valence-electron chi connectivity index (χ0n) is 12.6. The van der Waals surface area contributed by atoms with Crippen LogP contribution >= 0.6 is 11.3 Å². The first-order chi connectivity index (χ1) is 9.20. The van der Waals surface area contributed by atoms with Crippen LogP contribution in [0.2, 0.25) is 0 Å². The summed E-state index contributed by atoms with van der Waals surface area (Å²) >= 11 is 1.57. The van der Waals surface area contributed by atoms with Gasteiger partial charge in [-0.3, -0.25) is 9.69 Å². The molecular formula is C14H21N3O2S. The van der Waals surface area contributed by atoms with Crippen molar-refractivity contribution < 1.29 is 9.59 Å². The van der Waals surface area contributed by atoms with Crippen molar-refractivity contribution >= 4 is 23.3 Å². The second kappa shape index (κ2) is 5.16. The number of nitrogens with one attached hydrogen (secondary N) is 1. The molecule has 1 fully saturated rings. The maximum atomic E-state index is 12.2. The van der Waals surface area contributed by atoms with Crippen LogP contribution in [0.15, 0.2) is 5.38 Å². The third kappa shape index (κ3) is 2.85. The van der Waals surface area contributed by atoms with Gasteiger partial charge in [0.15, 0.2) is 0 Å². The van der Waals surface area contributed by atoms with Crippen molar-refractivity contribution in [2.24, 2.45) is 5.92 Å². The molecule has 2 heterocycles. The van der Waals surface area contributed by atoms with Crippen LogP contribution in [0, 0.1) is 5.92 Å². The molecule has 1 atom stereocenters. The fraction of sp³-hybridized carbons (Fsp3) is 0.643. The van der Waals surface area contributed by atoms with E-state index in [1.807, 2.05) is 19.2 Å². The summed E-state index contributed by atoms with van der Waals surface area (Å²) in [5.41, 5.74) is 0.758. The Bertz CT molecular complexity index is 531. The summed E-state index contributed by atoms with van der Waals surface area (Å²) < 4.78 is 0. The molecule has 110 valence electrons. The predicted octanol–water partition coefficient (Wildman–Crippen LogP) is 2.52. The standard InChI is InChI=1S/C14H21N3O2S/c1-8(2)10-11(18)17(13(19)16-10)6-9-7-20-12(15-9)14(3,4)5/h7-8,10H,6H2,1-5H3,(H,16,19)/t10-/m1/s1. The van der Waals surface area contributed by atoms with E-state index in [4.69, 9.17) is 0 Å². The van der Waals surface area contributed by atoms with Crippen molar-refractivity contribution in [3.05, 3.63) is 16.1 Å². The van der Waals surface area contributed by atoms with Crippen molar-refractivity contribution in [1.82, 2.24) is 15.2 Å². The smallest absolute Gasteiger partial charge is 0.325 e. The van der Waals surface area contributed by atoms with Gasteiger partial charge >= 0.3 is 6.03 Å². The molecule has 5 nitrogen and oxygen atoms in total. The monoisotopic (exact) mass is 295 g/mol. The Kier molecular flexibility index (Phi) is 3.86. The largest absolute Gasteiger partial charge is 0.326 e. The van der Waals surface area contributed by atoms with Gasteiger partial charge in [0.2, 0.25) is 0 Å². The Morgan fingerprint density at radius 2 is 2.05 bits per heavy atom. The maximum absolute atomic E-state index is 12.2. The molecule has 20 heavy (non-hydrogen) atoms. The van der Waals surface area contributed by atoms with Crippen LogP contribution in [0.5, 0.6) is 0 Å². The number of nitrogens with zero attached hydrogens (tertiary/aromatic N) is 2. The number of thiazole rings is 1. The number of amides is 3. The second-order valence-corrected chi connectivity index (χ2v) is 7.35. The molecule has 0 unspecified atom stereocenters. The minimum atomic E-state index is -0.414. The molecule has 1 aromatic heterocycles. The van der Waals surface area contributed by atoms with E-state index in [-0.39, 0.29) is 29.8 Å². The highest BCUT2D eigenvalue weighted by Crippen LogP contribution is 2.26. The van der Waals surface area contributed by atoms with E-state index in [2.05, 4.69) is 31.1 Å². The van der Waals surface area contributed by atoms with E-state index in [1.54, 1.807) is 11.3 Å². The van der Waals surface area contributed by atoms with Gasteiger partial charge in [0.1, 0.15) is 6.04 Å². The van der Waals surface area contributed by atoms with Gasteiger partial charge in [0, 0.05) is 10.8 Å². The Morgan fingerprint density at radius 1 is 1.40 bits per heavy atom. The Morgan fingerprint density at radius 3 is 2.50 bits per heavy atom. The minimum absolute atomic E-state index is 0.0132. The number of carbonyl (C=O) groups is 2. The lowest BCUT2D eigenvalue weighted by molar-refractivity contribution is -0.128. The molecule has 2 rings (SSSR count). The molecule has 0 bridgehead atoms. The van der Waals surface area contributed by atoms with Gasteiger partial charge in [-0.25, -0.2) is 9.78 Å². The van der Waals surface area contributed by atoms with Crippen LogP contribution in [0.3, 0.4) is 0 Å². The first-order valence-electron chi connectivity index (χ1n) is 6.77. The number of urea groups is 1. The van der Waals surface area contributed by atoms with E-state index in [0.29, 0.717) is 0 Å². The first kappa shape index (κ1) is 15.0. The topological polar surface area (TPSA) is 62.3 Å². The summed E-state index contributed by atoms with van der Waals surface area (Å²) in [6.45, 7) is 10.4. The molecular weight excluding hydrogens is 274 g/mol. The molecule has 0 aliphatic carbocycles. The van der Waals surface area contributed by atoms with E-state index in [1.165, 1.54) is 4.90 Å². The number of carbonyl (C=O) groups excluding carboxylic acids is 2. The van der Waals surface area contributed by atoms with E-state index in [9.17, 15) is 9.59 Å². The SMILES string of the molecule is CC(C)[C@H]1NC(=O)N(Cc2csc(C(C)(C)C)n2)C1=O. The van der Waals surface area contributed by atoms with Gasteiger partial charge in [-0.2, -0.15) is 0 Å². The summed E-state index contributed by atoms with van der Waals surface area (Å²) in [5, 5.41) is 5.66. The van der Waals surface area contributed by atoms with Gasteiger partial charge in [-0.05, 0) is 5.92 Å². The van der Waals surface area contributed by atoms with E-state index < -0.39 is 6.04 Å². The molecule has 1 aromatic rings. The summed E-state index contributed by atoms with van der Waals surface area (Å²) in [5.74, 6) is -0.0627. The van der Waals surface area contributed by atoms with Crippen LogP contribution in [0.25, 0.3) is 0 Å². The lowest BCUT2D eigenvalue weighted by Gasteiger charge is -2.15. The fourth-order valence-electron chi connectivity index (χ4n) is 2.03. The zero-order valence-corrected chi connectivity index (χ0v) is 13.4. The minimum Gasteiger partial charge on any atom is -0.326 e. The zero-order chi connectivity index (χ0) is 15.1. The van der Waals surface area contributed by atoms with Crippen LogP contribution in [0.1, 0.15) is 45.3 Å². The Balaban J connectivity index is 2.12. The highest BCUT2D eigenvalue weighted by molar-refractivity contribution is 7.09. The average molecular weight is 295 g/mol. The molecule has 3 amide bonds. The third-order valence-corrected chi connectivity index (χ3v) is 4.55. The Hall–Kier alpha value is -1.43. The molecule has 1 N–H and O–H groups in total. The average Bonchev–Trinajstić information content (AvgIpc) is 2.88. The van der Waals surface area contributed by atoms with Crippen molar-refractivity contribution in [3.63, 3.8) is 0 Å². The molecule has 0 radical (unpaired) electrons. The van der Waals surface area contributed by atoms with Crippen LogP contribution < -0.4 is 5.32 Å². The van der Waals surface area contributed by atoms with E-state index in [0.717, 1.165) is 10.7 Å². The number of rotatable bonds is 3. The van der Waals surface area contributed by atoms with Gasteiger partial charge in [0.25, 0.3) is 5.91 Å². The Labute approximate surface area is 123 Å². The molecule has 0 aromatic carbocycles. The molecule has 1 saturated heterocycles. The first-order valence-corrected chi connectivity index (χ1v) is 7.65. The lowest BCUT2D eigenvalue weighted by Crippen LogP contribution is -2.34. The molecule has 6 heteroatoms. The number of hydrogen-bond donors (Lipinski definition) is 1. The molecule has 1 aliphatic heterocycles. The third-order valence-electron chi connectivity index (χ3n) is 3.24. The highest BCUT2D eigenvalue weighted by atomic mass is 32.1. The van der Waals surface area contributed by atoms with Crippen molar-refractivity contribution in [2.75, 3.05) is 0 Å². The second-order valence-electron chi connectivity index (χ2n) is 6.49. The number of hydrogen-bond acceptors (Lipinski definition) is 4. The van der Waals surface area contributed by atoms with Gasteiger partial charge in [-0.1, -0.05) is 34.6 Å². The highest BCUT2D eigenvalue weighted by Gasteiger charge is 2.39. The number of imide groups is 1. The van der Waals surface area contributed by atoms with Crippen molar-refractivity contribution in [2.45, 2.75) is 52.6 Å². The molecule has 0 spiro atoms. The quantitative estimate of drug-likeness (QED) is 0.872. The lowest BCUT2D eigenvalue weighted by atomic mass is 9.98. The van der Waals surface area contributed by atoms with Gasteiger partial charge in [0.05, 0.1) is 17.2 Å². The van der Waals surface area contributed by atoms with Crippen molar-refractivity contribution in [1.29, 1.82) is 0 Å². The van der Waals surface area contributed by atoms with Crippen LogP contribution in [-0.4, -0.2) is 27.9 Å². The summed E-state index contributed by atoms with van der Waals surface area (Å²) in [7, 11) is 0. The summed E-state index contributed by atoms with van der Waals surface area (Å²) in [4.78, 5) is 29.8. The van der Waals surface area contributed by atoms with Gasteiger partial charge < -0.3 is 5.32 Å². The fourth-order valence-corrected chi connectivity index (χ4v) is 2.93. The van der Waals surface area contributed by atoms with Crippen LogP contribution in [-0.2, 0) is 16.8 Å². The maximum Gasteiger partial charge on any atom is 0.325 e. The molecule has 0 saturated carbocycles. The van der Waals surface area contributed by atoms with Crippen molar-refractivity contribution in [3.8, 4) is 0 Å². The summed E-state index contributed by atoms with van der Waals surface area (Å²) in [6, 6.07) is -0.734. The normalized spacial score (nSPS) is 19.9. The summed E-state index contributed by atoms with van der Waals surface area (Å²) in [6.07, 6.45) is 0. The number of aromatic nitrogens is 1. The van der Waals surface area contributed by atoms with E-state index >= 15 is 0 Å². The predicted molar refractivity (Wildman–Crippen MR) is 78.5 cm³/mol. The van der Waals surface area contributed by atoms with Gasteiger partial charge in [-0.15, -0.1) is 11.3 Å². The molecule has 1 aliphatic rings. The van der Waals surface area contributed by atoms with Crippen LogP contribution in [0.4, 0.5) is 4.79 Å².